The van der Waals surface area contributed by atoms with Gasteiger partial charge in [-0.25, -0.2) is 0 Å². The van der Waals surface area contributed by atoms with Crippen LogP contribution in [0.2, 0.25) is 0 Å². The van der Waals surface area contributed by atoms with Crippen LogP contribution >= 0.6 is 0 Å². The minimum absolute atomic E-state index is 0.224. The summed E-state index contributed by atoms with van der Waals surface area (Å²) < 4.78 is 5.64. The Morgan fingerprint density at radius 3 is 2.73 bits per heavy atom. The van der Waals surface area contributed by atoms with Crippen LogP contribution in [0.3, 0.4) is 0 Å². The first-order valence-electron chi connectivity index (χ1n) is 9.68. The van der Waals surface area contributed by atoms with E-state index in [9.17, 15) is 4.79 Å². The third-order valence-corrected chi connectivity index (χ3v) is 4.81. The molecule has 1 saturated heterocycles. The molecule has 2 N–H and O–H groups in total. The van der Waals surface area contributed by atoms with Gasteiger partial charge < -0.3 is 20.3 Å². The summed E-state index contributed by atoms with van der Waals surface area (Å²) in [7, 11) is 1.78. The molecule has 1 saturated carbocycles. The number of amides is 1. The number of carbonyl (C=O) groups excluding carboxylic acids is 1. The van der Waals surface area contributed by atoms with Gasteiger partial charge in [-0.15, -0.1) is 0 Å². The normalized spacial score (nSPS) is 17.7. The molecule has 6 nitrogen and oxygen atoms in total. The number of rotatable bonds is 9. The van der Waals surface area contributed by atoms with E-state index in [2.05, 4.69) is 27.8 Å². The van der Waals surface area contributed by atoms with E-state index in [-0.39, 0.29) is 5.91 Å². The van der Waals surface area contributed by atoms with Crippen LogP contribution in [0, 0.1) is 5.92 Å². The number of hydrogen-bond acceptors (Lipinski definition) is 3. The Morgan fingerprint density at radius 2 is 2.08 bits per heavy atom. The third kappa shape index (κ3) is 5.73. The summed E-state index contributed by atoms with van der Waals surface area (Å²) in [4.78, 5) is 17.9. The maximum Gasteiger partial charge on any atom is 0.227 e. The van der Waals surface area contributed by atoms with Crippen molar-refractivity contribution in [2.24, 2.45) is 10.9 Å². The Labute approximate surface area is 156 Å². The molecule has 0 radical (unpaired) electrons. The molecule has 2 aliphatic rings. The molecule has 26 heavy (non-hydrogen) atoms. The second-order valence-corrected chi connectivity index (χ2v) is 7.04. The number of guanidine groups is 1. The lowest BCUT2D eigenvalue weighted by molar-refractivity contribution is -0.117. The fourth-order valence-electron chi connectivity index (χ4n) is 3.04. The lowest BCUT2D eigenvalue weighted by Gasteiger charge is -2.16. The van der Waals surface area contributed by atoms with Gasteiger partial charge in [0.05, 0.1) is 0 Å². The van der Waals surface area contributed by atoms with Gasteiger partial charge in [0.2, 0.25) is 5.91 Å². The first kappa shape index (κ1) is 18.7. The molecule has 6 heteroatoms. The summed E-state index contributed by atoms with van der Waals surface area (Å²) in [5.74, 6) is 1.85. The summed E-state index contributed by atoms with van der Waals surface area (Å²) in [6.45, 7) is 4.10. The Hall–Kier alpha value is -2.08. The predicted octanol–water partition coefficient (Wildman–Crippen LogP) is 2.30. The summed E-state index contributed by atoms with van der Waals surface area (Å²) >= 11 is 0. The average Bonchev–Trinajstić information content (AvgIpc) is 3.40. The van der Waals surface area contributed by atoms with Gasteiger partial charge in [-0.1, -0.05) is 12.1 Å². The molecule has 1 heterocycles. The first-order valence-corrected chi connectivity index (χ1v) is 9.68. The van der Waals surface area contributed by atoms with E-state index in [0.29, 0.717) is 13.0 Å². The summed E-state index contributed by atoms with van der Waals surface area (Å²) in [6.07, 6.45) is 5.27. The Balaban J connectivity index is 1.34. The van der Waals surface area contributed by atoms with E-state index in [1.165, 1.54) is 12.8 Å². The maximum absolute atomic E-state index is 11.8. The van der Waals surface area contributed by atoms with Crippen molar-refractivity contribution in [2.75, 3.05) is 38.3 Å². The van der Waals surface area contributed by atoms with Crippen molar-refractivity contribution in [3.63, 3.8) is 0 Å². The molecule has 0 atom stereocenters. The van der Waals surface area contributed by atoms with Crippen molar-refractivity contribution in [3.05, 3.63) is 29.8 Å². The molecule has 1 aromatic carbocycles. The van der Waals surface area contributed by atoms with Crippen LogP contribution < -0.4 is 15.5 Å². The Morgan fingerprint density at radius 1 is 1.27 bits per heavy atom. The lowest BCUT2D eigenvalue weighted by atomic mass is 10.2. The number of ether oxygens (including phenoxy) is 1. The number of carbonyl (C=O) groups is 1. The molecule has 2 fully saturated rings. The molecule has 0 spiro atoms. The van der Waals surface area contributed by atoms with Crippen LogP contribution in [-0.4, -0.2) is 45.2 Å². The van der Waals surface area contributed by atoms with Crippen LogP contribution in [0.4, 0.5) is 5.69 Å². The minimum atomic E-state index is 0.224. The van der Waals surface area contributed by atoms with Crippen LogP contribution in [-0.2, 0) is 16.1 Å². The van der Waals surface area contributed by atoms with Crippen LogP contribution in [0.25, 0.3) is 0 Å². The second kappa shape index (κ2) is 9.57. The van der Waals surface area contributed by atoms with Crippen LogP contribution in [0.1, 0.15) is 37.7 Å². The molecule has 1 aliphatic heterocycles. The zero-order valence-corrected chi connectivity index (χ0v) is 15.7. The number of anilines is 1. The van der Waals surface area contributed by atoms with E-state index in [1.807, 2.05) is 17.0 Å². The SMILES string of the molecule is CN=C(NCCCOCC1CC1)NCc1ccc(N2CCCC2=O)cc1. The summed E-state index contributed by atoms with van der Waals surface area (Å²) in [6, 6.07) is 8.17. The Kier molecular flexibility index (Phi) is 6.89. The van der Waals surface area contributed by atoms with Crippen molar-refractivity contribution in [2.45, 2.75) is 38.6 Å². The summed E-state index contributed by atoms with van der Waals surface area (Å²) in [5, 5.41) is 6.63. The fourth-order valence-corrected chi connectivity index (χ4v) is 3.04. The first-order chi connectivity index (χ1) is 12.8. The smallest absolute Gasteiger partial charge is 0.227 e. The van der Waals surface area contributed by atoms with Gasteiger partial charge >= 0.3 is 0 Å². The molecule has 1 aromatic rings. The molecular formula is C20H30N4O2. The van der Waals surface area contributed by atoms with Gasteiger partial charge in [-0.3, -0.25) is 9.79 Å². The molecule has 1 aliphatic carbocycles. The van der Waals surface area contributed by atoms with E-state index >= 15 is 0 Å². The average molecular weight is 358 g/mol. The highest BCUT2D eigenvalue weighted by atomic mass is 16.5. The number of aliphatic imine (C=N–C) groups is 1. The van der Waals surface area contributed by atoms with Gasteiger partial charge in [-0.2, -0.15) is 0 Å². The number of nitrogens with zero attached hydrogens (tertiary/aromatic N) is 2. The molecule has 142 valence electrons. The van der Waals surface area contributed by atoms with Crippen molar-refractivity contribution in [1.29, 1.82) is 0 Å². The molecule has 1 amide bonds. The fraction of sp³-hybridized carbons (Fsp3) is 0.600. The molecule has 0 bridgehead atoms. The van der Waals surface area contributed by atoms with Crippen molar-refractivity contribution in [1.82, 2.24) is 10.6 Å². The highest BCUT2D eigenvalue weighted by Crippen LogP contribution is 2.28. The molecular weight excluding hydrogens is 328 g/mol. The third-order valence-electron chi connectivity index (χ3n) is 4.81. The lowest BCUT2D eigenvalue weighted by Crippen LogP contribution is -2.37. The standard InChI is InChI=1S/C20H30N4O2/c1-21-20(22-11-3-13-26-15-17-5-6-17)23-14-16-7-9-18(10-8-16)24-12-2-4-19(24)25/h7-10,17H,2-6,11-15H2,1H3,(H2,21,22,23). The minimum Gasteiger partial charge on any atom is -0.381 e. The van der Waals surface area contributed by atoms with Crippen LogP contribution in [0.5, 0.6) is 0 Å². The van der Waals surface area contributed by atoms with Gasteiger partial charge in [0.15, 0.2) is 5.96 Å². The maximum atomic E-state index is 11.8. The van der Waals surface area contributed by atoms with Crippen LogP contribution in [0.15, 0.2) is 29.3 Å². The largest absolute Gasteiger partial charge is 0.381 e. The highest BCUT2D eigenvalue weighted by molar-refractivity contribution is 5.95. The molecule has 0 aromatic heterocycles. The zero-order chi connectivity index (χ0) is 18.2. The van der Waals surface area contributed by atoms with E-state index in [1.54, 1.807) is 7.05 Å². The molecule has 3 rings (SSSR count). The van der Waals surface area contributed by atoms with E-state index in [0.717, 1.165) is 62.3 Å². The van der Waals surface area contributed by atoms with E-state index in [4.69, 9.17) is 4.74 Å². The summed E-state index contributed by atoms with van der Waals surface area (Å²) in [5.41, 5.74) is 2.15. The van der Waals surface area contributed by atoms with Gasteiger partial charge in [0.1, 0.15) is 0 Å². The van der Waals surface area contributed by atoms with Gasteiger partial charge in [0, 0.05) is 52.0 Å². The van der Waals surface area contributed by atoms with Crippen molar-refractivity contribution >= 4 is 17.6 Å². The van der Waals surface area contributed by atoms with E-state index < -0.39 is 0 Å². The van der Waals surface area contributed by atoms with Crippen molar-refractivity contribution in [3.8, 4) is 0 Å². The topological polar surface area (TPSA) is 66.0 Å². The van der Waals surface area contributed by atoms with Gasteiger partial charge in [-0.05, 0) is 49.3 Å². The monoisotopic (exact) mass is 358 g/mol. The number of hydrogen-bond donors (Lipinski definition) is 2. The highest BCUT2D eigenvalue weighted by Gasteiger charge is 2.21. The quantitative estimate of drug-likeness (QED) is 0.404. The number of benzene rings is 1. The predicted molar refractivity (Wildman–Crippen MR) is 104 cm³/mol. The second-order valence-electron chi connectivity index (χ2n) is 7.04. The Bertz CT molecular complexity index is 611. The van der Waals surface area contributed by atoms with Gasteiger partial charge in [0.25, 0.3) is 0 Å². The molecule has 0 unspecified atom stereocenters. The zero-order valence-electron chi connectivity index (χ0n) is 15.7. The number of nitrogens with one attached hydrogen (secondary N) is 2. The van der Waals surface area contributed by atoms with Crippen molar-refractivity contribution < 1.29 is 9.53 Å².